The van der Waals surface area contributed by atoms with Crippen LogP contribution in [-0.2, 0) is 0 Å². The van der Waals surface area contributed by atoms with Crippen molar-refractivity contribution in [2.75, 3.05) is 5.43 Å². The first-order chi connectivity index (χ1) is 8.78. The molecule has 0 aromatic carbocycles. The number of hydrogen-bond donors (Lipinski definition) is 2. The normalized spacial score (nSPS) is 16.4. The number of nitrogen functional groups attached to an aromatic ring is 1. The molecule has 1 aromatic rings. The van der Waals surface area contributed by atoms with E-state index in [1.807, 2.05) is 6.07 Å². The third-order valence-corrected chi connectivity index (χ3v) is 4.04. The molecule has 4 nitrogen and oxygen atoms in total. The van der Waals surface area contributed by atoms with E-state index in [2.05, 4.69) is 24.3 Å². The summed E-state index contributed by atoms with van der Waals surface area (Å²) in [5.41, 5.74) is 3.86. The van der Waals surface area contributed by atoms with Crippen LogP contribution in [0.25, 0.3) is 0 Å². The van der Waals surface area contributed by atoms with E-state index in [4.69, 9.17) is 10.8 Å². The number of nitrogens with one attached hydrogen (secondary N) is 1. The van der Waals surface area contributed by atoms with E-state index in [0.29, 0.717) is 11.8 Å². The summed E-state index contributed by atoms with van der Waals surface area (Å²) in [6.07, 6.45) is 7.30. The highest BCUT2D eigenvalue weighted by Crippen LogP contribution is 2.34. The van der Waals surface area contributed by atoms with Gasteiger partial charge in [0.25, 0.3) is 0 Å². The summed E-state index contributed by atoms with van der Waals surface area (Å²) in [7, 11) is 0. The maximum absolute atomic E-state index is 5.53. The number of anilines is 1. The molecule has 0 aliphatic heterocycles. The summed E-state index contributed by atoms with van der Waals surface area (Å²) in [4.78, 5) is 9.32. The lowest BCUT2D eigenvalue weighted by atomic mass is 10.0. The molecule has 0 bridgehead atoms. The Morgan fingerprint density at radius 1 is 1.28 bits per heavy atom. The van der Waals surface area contributed by atoms with Gasteiger partial charge in [-0.15, -0.1) is 0 Å². The number of nitrogens with two attached hydrogens (primary N) is 1. The Labute approximate surface area is 109 Å². The molecule has 1 aliphatic rings. The van der Waals surface area contributed by atoms with E-state index in [0.717, 1.165) is 24.5 Å². The van der Waals surface area contributed by atoms with Crippen molar-refractivity contribution in [3.05, 3.63) is 17.6 Å². The predicted molar refractivity (Wildman–Crippen MR) is 74.4 cm³/mol. The van der Waals surface area contributed by atoms with Gasteiger partial charge in [-0.25, -0.2) is 15.8 Å². The number of aromatic nitrogens is 2. The van der Waals surface area contributed by atoms with Gasteiger partial charge in [-0.3, -0.25) is 0 Å². The van der Waals surface area contributed by atoms with Crippen molar-refractivity contribution in [2.45, 2.75) is 64.2 Å². The molecule has 0 saturated heterocycles. The lowest BCUT2D eigenvalue weighted by Gasteiger charge is -2.16. The summed E-state index contributed by atoms with van der Waals surface area (Å²) < 4.78 is 0. The molecule has 3 N–H and O–H groups in total. The van der Waals surface area contributed by atoms with E-state index < -0.39 is 0 Å². The monoisotopic (exact) mass is 248 g/mol. The molecule has 1 saturated carbocycles. The molecule has 0 atom stereocenters. The molecule has 0 spiro atoms. The van der Waals surface area contributed by atoms with Gasteiger partial charge in [0.05, 0.1) is 0 Å². The minimum atomic E-state index is 0.443. The fourth-order valence-electron chi connectivity index (χ4n) is 2.83. The Balaban J connectivity index is 2.31. The first-order valence-electron chi connectivity index (χ1n) is 7.14. The van der Waals surface area contributed by atoms with Gasteiger partial charge in [-0.05, 0) is 25.7 Å². The Morgan fingerprint density at radius 3 is 2.50 bits per heavy atom. The van der Waals surface area contributed by atoms with Crippen LogP contribution in [-0.4, -0.2) is 9.97 Å². The zero-order valence-electron chi connectivity index (χ0n) is 11.4. The topological polar surface area (TPSA) is 63.8 Å². The van der Waals surface area contributed by atoms with Gasteiger partial charge in [0.1, 0.15) is 11.6 Å². The lowest BCUT2D eigenvalue weighted by molar-refractivity contribution is 0.588. The van der Waals surface area contributed by atoms with Gasteiger partial charge >= 0.3 is 0 Å². The molecule has 1 fully saturated rings. The first kappa shape index (κ1) is 13.3. The molecule has 1 heterocycles. The molecule has 1 aromatic heterocycles. The Morgan fingerprint density at radius 2 is 1.94 bits per heavy atom. The molecule has 0 amide bonds. The van der Waals surface area contributed by atoms with Gasteiger partial charge in [0, 0.05) is 23.6 Å². The van der Waals surface area contributed by atoms with Gasteiger partial charge in [-0.1, -0.05) is 26.7 Å². The Hall–Kier alpha value is -1.16. The number of hydrazine groups is 1. The van der Waals surface area contributed by atoms with Crippen molar-refractivity contribution in [1.29, 1.82) is 0 Å². The minimum Gasteiger partial charge on any atom is -0.308 e. The fraction of sp³-hybridized carbons (Fsp3) is 0.714. The molecule has 1 aliphatic carbocycles. The maximum atomic E-state index is 5.53. The molecular formula is C14H24N4. The molecule has 2 rings (SSSR count). The van der Waals surface area contributed by atoms with Gasteiger partial charge in [0.15, 0.2) is 0 Å². The Bertz CT molecular complexity index is 361. The third-order valence-electron chi connectivity index (χ3n) is 4.04. The van der Waals surface area contributed by atoms with Crippen LogP contribution in [0, 0.1) is 0 Å². The van der Waals surface area contributed by atoms with E-state index in [1.165, 1.54) is 31.4 Å². The number of hydrogen-bond acceptors (Lipinski definition) is 4. The van der Waals surface area contributed by atoms with E-state index in [1.54, 1.807) is 0 Å². The van der Waals surface area contributed by atoms with E-state index in [9.17, 15) is 0 Å². The van der Waals surface area contributed by atoms with Gasteiger partial charge < -0.3 is 5.43 Å². The smallest absolute Gasteiger partial charge is 0.143 e. The van der Waals surface area contributed by atoms with E-state index in [-0.39, 0.29) is 0 Å². The molecule has 0 radical (unpaired) electrons. The highest BCUT2D eigenvalue weighted by molar-refractivity contribution is 5.36. The van der Waals surface area contributed by atoms with Crippen molar-refractivity contribution in [1.82, 2.24) is 9.97 Å². The second-order valence-corrected chi connectivity index (χ2v) is 5.18. The van der Waals surface area contributed by atoms with Crippen LogP contribution >= 0.6 is 0 Å². The predicted octanol–water partition coefficient (Wildman–Crippen LogP) is 3.32. The Kier molecular flexibility index (Phi) is 4.53. The second-order valence-electron chi connectivity index (χ2n) is 5.18. The quantitative estimate of drug-likeness (QED) is 0.619. The SMILES string of the molecule is CCC(CC)c1nc(NN)cc(C2CCCC2)n1. The van der Waals surface area contributed by atoms with Crippen LogP contribution in [0.4, 0.5) is 5.82 Å². The average Bonchev–Trinajstić information content (AvgIpc) is 2.94. The zero-order valence-corrected chi connectivity index (χ0v) is 11.4. The second kappa shape index (κ2) is 6.14. The van der Waals surface area contributed by atoms with Crippen LogP contribution in [0.1, 0.15) is 75.7 Å². The molecular weight excluding hydrogens is 224 g/mol. The molecule has 0 unspecified atom stereocenters. The fourth-order valence-corrected chi connectivity index (χ4v) is 2.83. The van der Waals surface area contributed by atoms with Crippen LogP contribution in [0.2, 0.25) is 0 Å². The van der Waals surface area contributed by atoms with Crippen molar-refractivity contribution >= 4 is 5.82 Å². The van der Waals surface area contributed by atoms with Crippen molar-refractivity contribution in [2.24, 2.45) is 5.84 Å². The highest BCUT2D eigenvalue weighted by Gasteiger charge is 2.21. The number of nitrogens with zero attached hydrogens (tertiary/aromatic N) is 2. The summed E-state index contributed by atoms with van der Waals surface area (Å²) in [5.74, 6) is 8.29. The largest absolute Gasteiger partial charge is 0.308 e. The maximum Gasteiger partial charge on any atom is 0.143 e. The van der Waals surface area contributed by atoms with Crippen LogP contribution in [0.15, 0.2) is 6.07 Å². The van der Waals surface area contributed by atoms with Crippen molar-refractivity contribution < 1.29 is 0 Å². The standard InChI is InChI=1S/C14H24N4/c1-3-10(4-2)14-16-12(9-13(17-14)18-15)11-7-5-6-8-11/h9-11H,3-8,15H2,1-2H3,(H,16,17,18). The van der Waals surface area contributed by atoms with Crippen LogP contribution in [0.3, 0.4) is 0 Å². The first-order valence-corrected chi connectivity index (χ1v) is 7.14. The third kappa shape index (κ3) is 2.80. The molecule has 18 heavy (non-hydrogen) atoms. The van der Waals surface area contributed by atoms with Crippen LogP contribution in [0.5, 0.6) is 0 Å². The molecule has 4 heteroatoms. The summed E-state index contributed by atoms with van der Waals surface area (Å²) >= 11 is 0. The molecule has 100 valence electrons. The van der Waals surface area contributed by atoms with Gasteiger partial charge in [-0.2, -0.15) is 0 Å². The van der Waals surface area contributed by atoms with E-state index >= 15 is 0 Å². The van der Waals surface area contributed by atoms with Gasteiger partial charge in [0.2, 0.25) is 0 Å². The highest BCUT2D eigenvalue weighted by atomic mass is 15.3. The average molecular weight is 248 g/mol. The van der Waals surface area contributed by atoms with Crippen molar-refractivity contribution in [3.63, 3.8) is 0 Å². The summed E-state index contributed by atoms with van der Waals surface area (Å²) in [6, 6.07) is 2.02. The van der Waals surface area contributed by atoms with Crippen molar-refractivity contribution in [3.8, 4) is 0 Å². The summed E-state index contributed by atoms with van der Waals surface area (Å²) in [5, 5.41) is 0. The number of rotatable bonds is 5. The zero-order chi connectivity index (χ0) is 13.0. The summed E-state index contributed by atoms with van der Waals surface area (Å²) in [6.45, 7) is 4.38. The lowest BCUT2D eigenvalue weighted by Crippen LogP contribution is -2.14. The van der Waals surface area contributed by atoms with Crippen LogP contribution < -0.4 is 11.3 Å². The minimum absolute atomic E-state index is 0.443.